The monoisotopic (exact) mass is 494 g/mol. The number of hydrogen-bond donors (Lipinski definition) is 1. The Morgan fingerprint density at radius 1 is 1.18 bits per heavy atom. The number of nitrogens with zero attached hydrogens (tertiary/aromatic N) is 5. The van der Waals surface area contributed by atoms with Crippen molar-refractivity contribution in [3.05, 3.63) is 69.3 Å². The number of anilines is 3. The molecule has 0 radical (unpaired) electrons. The van der Waals surface area contributed by atoms with Crippen molar-refractivity contribution in [1.82, 2.24) is 14.9 Å². The van der Waals surface area contributed by atoms with Crippen LogP contribution < -0.4 is 15.0 Å². The summed E-state index contributed by atoms with van der Waals surface area (Å²) >= 11 is 12.5. The number of fused-ring (bicyclic) bond motifs is 2. The third-order valence-corrected chi connectivity index (χ3v) is 6.47. The van der Waals surface area contributed by atoms with Gasteiger partial charge in [-0.2, -0.15) is 10.2 Å². The molecule has 0 fully saturated rings. The summed E-state index contributed by atoms with van der Waals surface area (Å²) in [6.07, 6.45) is 2.90. The van der Waals surface area contributed by atoms with E-state index in [0.717, 1.165) is 31.7 Å². The number of halogens is 2. The van der Waals surface area contributed by atoms with Gasteiger partial charge in [0.15, 0.2) is 6.73 Å². The molecule has 5 rings (SSSR count). The molecule has 2 aliphatic heterocycles. The van der Waals surface area contributed by atoms with Crippen LogP contribution in [0.25, 0.3) is 0 Å². The van der Waals surface area contributed by atoms with Crippen molar-refractivity contribution < 1.29 is 9.53 Å². The van der Waals surface area contributed by atoms with E-state index < -0.39 is 0 Å². The van der Waals surface area contributed by atoms with Gasteiger partial charge in [0, 0.05) is 37.9 Å². The maximum atomic E-state index is 13.1. The molecule has 1 aromatic heterocycles. The number of rotatable bonds is 5. The maximum absolute atomic E-state index is 13.1. The zero-order chi connectivity index (χ0) is 23.7. The second-order valence-corrected chi connectivity index (χ2v) is 8.85. The minimum absolute atomic E-state index is 0.0626. The Morgan fingerprint density at radius 3 is 2.79 bits per heavy atom. The lowest BCUT2D eigenvalue weighted by molar-refractivity contribution is 0.0932. The Hall–Kier alpha value is -3.38. The largest absolute Gasteiger partial charge is 0.455 e. The van der Waals surface area contributed by atoms with Crippen LogP contribution in [0.15, 0.2) is 42.6 Å². The van der Waals surface area contributed by atoms with E-state index in [1.807, 2.05) is 6.07 Å². The maximum Gasteiger partial charge on any atom is 0.268 e. The highest BCUT2D eigenvalue weighted by Crippen LogP contribution is 2.37. The van der Waals surface area contributed by atoms with Crippen LogP contribution in [0.4, 0.5) is 17.3 Å². The van der Waals surface area contributed by atoms with E-state index in [0.29, 0.717) is 28.1 Å². The van der Waals surface area contributed by atoms with Crippen LogP contribution in [0, 0.1) is 11.3 Å². The molecule has 0 aliphatic carbocycles. The molecule has 0 spiro atoms. The number of carbonyl (C=O) groups is 1. The van der Waals surface area contributed by atoms with Gasteiger partial charge in [0.2, 0.25) is 11.8 Å². The van der Waals surface area contributed by atoms with Crippen molar-refractivity contribution in [2.24, 2.45) is 0 Å². The van der Waals surface area contributed by atoms with Crippen LogP contribution >= 0.6 is 23.2 Å². The van der Waals surface area contributed by atoms with Crippen LogP contribution in [0.1, 0.15) is 27.9 Å². The smallest absolute Gasteiger partial charge is 0.268 e. The fourth-order valence-electron chi connectivity index (χ4n) is 4.14. The number of hydrogen-bond acceptors (Lipinski definition) is 7. The lowest BCUT2D eigenvalue weighted by Gasteiger charge is -2.29. The quantitative estimate of drug-likeness (QED) is 0.544. The van der Waals surface area contributed by atoms with E-state index in [-0.39, 0.29) is 24.1 Å². The third kappa shape index (κ3) is 4.38. The van der Waals surface area contributed by atoms with Gasteiger partial charge in [0.05, 0.1) is 21.8 Å². The highest BCUT2D eigenvalue weighted by Gasteiger charge is 2.31. The molecule has 0 bridgehead atoms. The molecule has 172 valence electrons. The first kappa shape index (κ1) is 22.4. The van der Waals surface area contributed by atoms with Crippen LogP contribution in [-0.4, -0.2) is 40.6 Å². The summed E-state index contributed by atoms with van der Waals surface area (Å²) in [6.45, 7) is 2.49. The summed E-state index contributed by atoms with van der Waals surface area (Å²) < 4.78 is 5.75. The summed E-state index contributed by atoms with van der Waals surface area (Å²) in [6, 6.07) is 13.4. The van der Waals surface area contributed by atoms with Gasteiger partial charge in [-0.1, -0.05) is 35.3 Å². The molecular weight excluding hydrogens is 475 g/mol. The molecule has 0 atom stereocenters. The number of ether oxygens (including phenoxy) is 1. The lowest BCUT2D eigenvalue weighted by Crippen LogP contribution is -2.39. The summed E-state index contributed by atoms with van der Waals surface area (Å²) in [5.41, 5.74) is 4.00. The predicted molar refractivity (Wildman–Crippen MR) is 130 cm³/mol. The van der Waals surface area contributed by atoms with Gasteiger partial charge >= 0.3 is 0 Å². The van der Waals surface area contributed by atoms with Gasteiger partial charge in [0.1, 0.15) is 5.56 Å². The molecule has 3 aromatic rings. The highest BCUT2D eigenvalue weighted by atomic mass is 35.5. The first-order chi connectivity index (χ1) is 16.5. The highest BCUT2D eigenvalue weighted by molar-refractivity contribution is 6.40. The summed E-state index contributed by atoms with van der Waals surface area (Å²) in [4.78, 5) is 25.4. The predicted octanol–water partition coefficient (Wildman–Crippen LogP) is 4.80. The van der Waals surface area contributed by atoms with E-state index in [1.165, 1.54) is 22.2 Å². The molecular formula is C24H20Cl2N6O2. The van der Waals surface area contributed by atoms with Crippen molar-refractivity contribution >= 4 is 46.4 Å². The zero-order valence-corrected chi connectivity index (χ0v) is 19.6. The lowest BCUT2D eigenvalue weighted by atomic mass is 9.99. The Labute approximate surface area is 206 Å². The normalized spacial score (nSPS) is 15.2. The summed E-state index contributed by atoms with van der Waals surface area (Å²) in [5, 5.41) is 12.7. The molecule has 0 saturated carbocycles. The fourth-order valence-corrected chi connectivity index (χ4v) is 4.74. The van der Waals surface area contributed by atoms with Crippen LogP contribution in [0.5, 0.6) is 5.88 Å². The van der Waals surface area contributed by atoms with E-state index in [9.17, 15) is 4.79 Å². The Bertz CT molecular complexity index is 1290. The molecule has 3 heterocycles. The van der Waals surface area contributed by atoms with Crippen molar-refractivity contribution in [3.8, 4) is 11.9 Å². The third-order valence-electron chi connectivity index (χ3n) is 5.86. The van der Waals surface area contributed by atoms with Crippen molar-refractivity contribution in [2.75, 3.05) is 30.0 Å². The first-order valence-electron chi connectivity index (χ1n) is 10.8. The molecule has 1 N–H and O–H groups in total. The summed E-state index contributed by atoms with van der Waals surface area (Å²) in [7, 11) is 0. The number of nitrogens with one attached hydrogen (secondary N) is 1. The van der Waals surface area contributed by atoms with E-state index in [1.54, 1.807) is 18.2 Å². The fraction of sp³-hybridized carbons (Fsp3) is 0.250. The van der Waals surface area contributed by atoms with Crippen molar-refractivity contribution in [1.29, 1.82) is 5.26 Å². The number of aromatic nitrogens is 2. The van der Waals surface area contributed by atoms with Gasteiger partial charge in [-0.15, -0.1) is 0 Å². The number of amides is 1. The van der Waals surface area contributed by atoms with Gasteiger partial charge < -0.3 is 10.1 Å². The van der Waals surface area contributed by atoms with Crippen molar-refractivity contribution in [2.45, 2.75) is 19.4 Å². The van der Waals surface area contributed by atoms with E-state index in [4.69, 9.17) is 33.2 Å². The number of para-hydroxylation sites is 1. The van der Waals surface area contributed by atoms with Crippen LogP contribution in [-0.2, 0) is 13.0 Å². The van der Waals surface area contributed by atoms with Gasteiger partial charge in [-0.3, -0.25) is 14.6 Å². The second-order valence-electron chi connectivity index (χ2n) is 8.03. The topological polar surface area (TPSA) is 94.4 Å². The molecule has 0 saturated heterocycles. The number of benzene rings is 2. The Morgan fingerprint density at radius 2 is 2.00 bits per heavy atom. The van der Waals surface area contributed by atoms with Gasteiger partial charge in [0.25, 0.3) is 5.91 Å². The molecule has 10 heteroatoms. The van der Waals surface area contributed by atoms with Crippen molar-refractivity contribution in [3.63, 3.8) is 0 Å². The Kier molecular flexibility index (Phi) is 6.24. The number of nitriles is 1. The molecule has 8 nitrogen and oxygen atoms in total. The Balaban J connectivity index is 1.32. The zero-order valence-electron chi connectivity index (χ0n) is 18.1. The van der Waals surface area contributed by atoms with Gasteiger partial charge in [-0.25, -0.2) is 4.98 Å². The SMILES string of the molecule is N#CCCN1CCc2cc(Nc3ncc4c(n3)OCN(c3c(Cl)cccc3Cl)C4=O)ccc2C1. The molecule has 2 aliphatic rings. The standard InChI is InChI=1S/C24H20Cl2N6O2/c25-19-3-1-4-20(26)21(19)32-14-34-22-18(23(32)33)12-28-24(30-22)29-17-6-5-16-13-31(9-2-8-27)10-7-15(16)11-17/h1,3-6,11-12H,2,7,9-10,13-14H2,(H,28,29,30). The van der Waals surface area contributed by atoms with E-state index >= 15 is 0 Å². The van der Waals surface area contributed by atoms with Crippen LogP contribution in [0.3, 0.4) is 0 Å². The van der Waals surface area contributed by atoms with E-state index in [2.05, 4.69) is 38.4 Å². The van der Waals surface area contributed by atoms with Crippen LogP contribution in [0.2, 0.25) is 10.0 Å². The molecule has 2 aromatic carbocycles. The number of carbonyl (C=O) groups excluding carboxylic acids is 1. The molecule has 0 unspecified atom stereocenters. The summed E-state index contributed by atoms with van der Waals surface area (Å²) in [5.74, 6) is 0.202. The first-order valence-corrected chi connectivity index (χ1v) is 11.5. The van der Waals surface area contributed by atoms with Gasteiger partial charge in [-0.05, 0) is 41.8 Å². The molecule has 1 amide bonds. The molecule has 34 heavy (non-hydrogen) atoms. The minimum Gasteiger partial charge on any atom is -0.455 e. The second kappa shape index (κ2) is 9.47. The minimum atomic E-state index is -0.336. The average molecular weight is 495 g/mol. The average Bonchev–Trinajstić information content (AvgIpc) is 2.84.